The molecule has 1 aliphatic heterocycles. The van der Waals surface area contributed by atoms with E-state index in [2.05, 4.69) is 20.8 Å². The van der Waals surface area contributed by atoms with Gasteiger partial charge in [-0.15, -0.1) is 11.3 Å². The predicted octanol–water partition coefficient (Wildman–Crippen LogP) is 3.49. The Morgan fingerprint density at radius 3 is 2.93 bits per heavy atom. The highest BCUT2D eigenvalue weighted by atomic mass is 32.1. The summed E-state index contributed by atoms with van der Waals surface area (Å²) in [6.07, 6.45) is 2.22. The molecule has 0 saturated carbocycles. The number of hydrogen-bond acceptors (Lipinski definition) is 6. The number of aryl methyl sites for hydroxylation is 1. The van der Waals surface area contributed by atoms with Gasteiger partial charge in [-0.25, -0.2) is 0 Å². The maximum Gasteiger partial charge on any atom is 0.268 e. The minimum Gasteiger partial charge on any atom is -0.352 e. The molecule has 4 rings (SSSR count). The van der Waals surface area contributed by atoms with E-state index in [1.807, 2.05) is 18.2 Å². The smallest absolute Gasteiger partial charge is 0.268 e. The standard InChI is InChI=1S/C19H18N4O3S/c1-2-16(24)21-12-7-5-11(6-8-12)17-22-19(26-23-17)15-10-13-14(27-15)4-3-9-20-18(13)25/h5-8,10H,2-4,9H2,1H3,(H,20,25)(H,21,24). The number of carbonyl (C=O) groups is 2. The van der Waals surface area contributed by atoms with Crippen molar-refractivity contribution in [1.82, 2.24) is 15.5 Å². The molecule has 27 heavy (non-hydrogen) atoms. The van der Waals surface area contributed by atoms with Crippen LogP contribution in [0.2, 0.25) is 0 Å². The van der Waals surface area contributed by atoms with Gasteiger partial charge in [0.2, 0.25) is 11.7 Å². The molecule has 1 aromatic carbocycles. The normalized spacial score (nSPS) is 13.6. The topological polar surface area (TPSA) is 97.1 Å². The van der Waals surface area contributed by atoms with E-state index in [0.717, 1.165) is 33.8 Å². The molecule has 0 atom stereocenters. The second kappa shape index (κ2) is 7.32. The molecule has 0 aliphatic carbocycles. The lowest BCUT2D eigenvalue weighted by molar-refractivity contribution is -0.115. The molecule has 0 spiro atoms. The summed E-state index contributed by atoms with van der Waals surface area (Å²) in [6.45, 7) is 2.51. The number of aromatic nitrogens is 2. The van der Waals surface area contributed by atoms with Gasteiger partial charge >= 0.3 is 0 Å². The van der Waals surface area contributed by atoms with Crippen LogP contribution >= 0.6 is 11.3 Å². The van der Waals surface area contributed by atoms with Gasteiger partial charge in [-0.3, -0.25) is 9.59 Å². The van der Waals surface area contributed by atoms with Crippen LogP contribution in [0.4, 0.5) is 5.69 Å². The molecular formula is C19H18N4O3S. The van der Waals surface area contributed by atoms with E-state index in [9.17, 15) is 9.59 Å². The fourth-order valence-corrected chi connectivity index (χ4v) is 3.97. The van der Waals surface area contributed by atoms with E-state index in [1.165, 1.54) is 11.3 Å². The summed E-state index contributed by atoms with van der Waals surface area (Å²) in [5.74, 6) is 0.784. The number of nitrogens with one attached hydrogen (secondary N) is 2. The zero-order valence-corrected chi connectivity index (χ0v) is 15.6. The molecule has 3 heterocycles. The molecule has 138 valence electrons. The van der Waals surface area contributed by atoms with E-state index >= 15 is 0 Å². The summed E-state index contributed by atoms with van der Waals surface area (Å²) in [4.78, 5) is 29.9. The number of hydrogen-bond donors (Lipinski definition) is 2. The lowest BCUT2D eigenvalue weighted by Crippen LogP contribution is -2.22. The van der Waals surface area contributed by atoms with Gasteiger partial charge in [-0.2, -0.15) is 4.98 Å². The Bertz CT molecular complexity index is 991. The molecular weight excluding hydrogens is 364 g/mol. The van der Waals surface area contributed by atoms with Gasteiger partial charge in [-0.05, 0) is 43.2 Å². The van der Waals surface area contributed by atoms with E-state index in [0.29, 0.717) is 30.2 Å². The molecule has 8 heteroatoms. The zero-order chi connectivity index (χ0) is 18.8. The summed E-state index contributed by atoms with van der Waals surface area (Å²) >= 11 is 1.52. The molecule has 0 radical (unpaired) electrons. The molecule has 2 aromatic heterocycles. The van der Waals surface area contributed by atoms with Gasteiger partial charge < -0.3 is 15.2 Å². The SMILES string of the molecule is CCC(=O)Nc1ccc(-c2noc(-c3cc4c(s3)CCCNC4=O)n2)cc1. The van der Waals surface area contributed by atoms with Gasteiger partial charge in [0.25, 0.3) is 11.8 Å². The molecule has 1 aliphatic rings. The number of rotatable bonds is 4. The predicted molar refractivity (Wildman–Crippen MR) is 103 cm³/mol. The van der Waals surface area contributed by atoms with Crippen molar-refractivity contribution in [2.45, 2.75) is 26.2 Å². The molecule has 0 unspecified atom stereocenters. The highest BCUT2D eigenvalue weighted by Crippen LogP contribution is 2.33. The van der Waals surface area contributed by atoms with Crippen molar-refractivity contribution < 1.29 is 14.1 Å². The van der Waals surface area contributed by atoms with Crippen LogP contribution in [0.15, 0.2) is 34.9 Å². The van der Waals surface area contributed by atoms with E-state index in [1.54, 1.807) is 19.1 Å². The number of anilines is 1. The molecule has 2 N–H and O–H groups in total. The van der Waals surface area contributed by atoms with Crippen molar-refractivity contribution in [3.05, 3.63) is 40.8 Å². The Kier molecular flexibility index (Phi) is 4.72. The second-order valence-corrected chi connectivity index (χ2v) is 7.35. The van der Waals surface area contributed by atoms with Crippen LogP contribution in [0.3, 0.4) is 0 Å². The summed E-state index contributed by atoms with van der Waals surface area (Å²) in [5.41, 5.74) is 2.21. The first kappa shape index (κ1) is 17.4. The third-order valence-corrected chi connectivity index (χ3v) is 5.49. The molecule has 2 amide bonds. The van der Waals surface area contributed by atoms with Crippen LogP contribution < -0.4 is 10.6 Å². The lowest BCUT2D eigenvalue weighted by Gasteiger charge is -2.03. The Labute approximate surface area is 159 Å². The van der Waals surface area contributed by atoms with Gasteiger partial charge in [0.15, 0.2) is 0 Å². The number of fused-ring (bicyclic) bond motifs is 1. The number of thiophene rings is 1. The third-order valence-electron chi connectivity index (χ3n) is 4.30. The molecule has 0 fully saturated rings. The minimum atomic E-state index is -0.0468. The van der Waals surface area contributed by atoms with E-state index in [4.69, 9.17) is 4.52 Å². The van der Waals surface area contributed by atoms with Crippen LogP contribution in [0.5, 0.6) is 0 Å². The van der Waals surface area contributed by atoms with Crippen molar-refractivity contribution in [2.24, 2.45) is 0 Å². The summed E-state index contributed by atoms with van der Waals surface area (Å²) < 4.78 is 5.41. The van der Waals surface area contributed by atoms with Gasteiger partial charge in [-0.1, -0.05) is 12.1 Å². The molecule has 0 saturated heterocycles. The lowest BCUT2D eigenvalue weighted by atomic mass is 10.2. The van der Waals surface area contributed by atoms with Crippen molar-refractivity contribution in [3.63, 3.8) is 0 Å². The maximum atomic E-state index is 12.1. The van der Waals surface area contributed by atoms with Crippen LogP contribution in [0.1, 0.15) is 35.0 Å². The van der Waals surface area contributed by atoms with Crippen molar-refractivity contribution in [2.75, 3.05) is 11.9 Å². The number of benzene rings is 1. The number of amides is 2. The Hall–Kier alpha value is -3.00. The van der Waals surface area contributed by atoms with Crippen LogP contribution in [0, 0.1) is 0 Å². The van der Waals surface area contributed by atoms with E-state index in [-0.39, 0.29) is 11.8 Å². The number of carbonyl (C=O) groups excluding carboxylic acids is 2. The molecule has 7 nitrogen and oxygen atoms in total. The number of nitrogens with zero attached hydrogens (tertiary/aromatic N) is 2. The third kappa shape index (κ3) is 3.61. The molecule has 0 bridgehead atoms. The van der Waals surface area contributed by atoms with Crippen molar-refractivity contribution in [3.8, 4) is 22.2 Å². The van der Waals surface area contributed by atoms with Crippen LogP contribution in [-0.2, 0) is 11.2 Å². The first-order valence-electron chi connectivity index (χ1n) is 8.79. The van der Waals surface area contributed by atoms with Gasteiger partial charge in [0.1, 0.15) is 0 Å². The Morgan fingerprint density at radius 1 is 1.33 bits per heavy atom. The first-order valence-corrected chi connectivity index (χ1v) is 9.61. The monoisotopic (exact) mass is 382 g/mol. The fraction of sp³-hybridized carbons (Fsp3) is 0.263. The Morgan fingerprint density at radius 2 is 2.15 bits per heavy atom. The quantitative estimate of drug-likeness (QED) is 0.720. The summed E-state index contributed by atoms with van der Waals surface area (Å²) in [7, 11) is 0. The molecule has 3 aromatic rings. The maximum absolute atomic E-state index is 12.1. The summed E-state index contributed by atoms with van der Waals surface area (Å²) in [5, 5.41) is 9.74. The zero-order valence-electron chi connectivity index (χ0n) is 14.7. The summed E-state index contributed by atoms with van der Waals surface area (Å²) in [6, 6.07) is 9.09. The van der Waals surface area contributed by atoms with Gasteiger partial charge in [0, 0.05) is 29.1 Å². The highest BCUT2D eigenvalue weighted by molar-refractivity contribution is 7.15. The highest BCUT2D eigenvalue weighted by Gasteiger charge is 2.22. The largest absolute Gasteiger partial charge is 0.352 e. The van der Waals surface area contributed by atoms with E-state index < -0.39 is 0 Å². The second-order valence-electron chi connectivity index (χ2n) is 6.21. The Balaban J connectivity index is 1.56. The van der Waals surface area contributed by atoms with Crippen LogP contribution in [0.25, 0.3) is 22.2 Å². The average molecular weight is 382 g/mol. The van der Waals surface area contributed by atoms with Crippen molar-refractivity contribution >= 4 is 28.8 Å². The van der Waals surface area contributed by atoms with Gasteiger partial charge in [0.05, 0.1) is 10.4 Å². The van der Waals surface area contributed by atoms with Crippen molar-refractivity contribution in [1.29, 1.82) is 0 Å². The fourth-order valence-electron chi connectivity index (χ4n) is 2.85. The van der Waals surface area contributed by atoms with Crippen LogP contribution in [-0.4, -0.2) is 28.5 Å². The average Bonchev–Trinajstić information content (AvgIpc) is 3.29. The first-order chi connectivity index (χ1) is 13.1. The minimum absolute atomic E-state index is 0.0360.